The number of Topliss-reactive ketones (excluding diaryl/α,β-unsaturated/α-hetero) is 1. The maximum atomic E-state index is 12.4. The molecule has 0 aliphatic carbocycles. The molecule has 1 amide bonds. The van der Waals surface area contributed by atoms with Gasteiger partial charge in [-0.3, -0.25) is 9.59 Å². The number of hydrogen-bond donors (Lipinski definition) is 2. The van der Waals surface area contributed by atoms with Crippen LogP contribution in [0.5, 0.6) is 5.75 Å². The Morgan fingerprint density at radius 2 is 1.83 bits per heavy atom. The number of ether oxygens (including phenoxy) is 1. The Labute approximate surface area is 183 Å². The normalized spacial score (nSPS) is 10.5. The van der Waals surface area contributed by atoms with Gasteiger partial charge in [-0.05, 0) is 43.3 Å². The van der Waals surface area contributed by atoms with Gasteiger partial charge in [0.05, 0.1) is 18.0 Å². The number of carbonyl (C=O) groups is 2. The number of nitrogens with zero attached hydrogens (tertiary/aromatic N) is 2. The summed E-state index contributed by atoms with van der Waals surface area (Å²) < 4.78 is 6.30. The molecule has 0 unspecified atom stereocenters. The van der Waals surface area contributed by atoms with Crippen molar-refractivity contribution in [1.82, 2.24) is 10.2 Å². The smallest absolute Gasteiger partial charge is 0.224 e. The van der Waals surface area contributed by atoms with Gasteiger partial charge in [-0.25, -0.2) is 0 Å². The average Bonchev–Trinajstić information content (AvgIpc) is 3.21. The van der Waals surface area contributed by atoms with Crippen molar-refractivity contribution < 1.29 is 14.3 Å². The number of carbonyl (C=O) groups excluding carboxylic acids is 2. The summed E-state index contributed by atoms with van der Waals surface area (Å²) in [6.45, 7) is 4.29. The predicted octanol–water partition coefficient (Wildman–Crippen LogP) is 5.00. The van der Waals surface area contributed by atoms with Gasteiger partial charge in [0.25, 0.3) is 0 Å². The molecule has 0 spiro atoms. The van der Waals surface area contributed by atoms with E-state index in [2.05, 4.69) is 20.8 Å². The molecule has 3 rings (SSSR count). The summed E-state index contributed by atoms with van der Waals surface area (Å²) in [7, 11) is 0. The van der Waals surface area contributed by atoms with Crippen molar-refractivity contribution in [2.75, 3.05) is 23.0 Å². The fourth-order valence-corrected chi connectivity index (χ4v) is 4.14. The molecule has 2 aromatic carbocycles. The molecule has 0 radical (unpaired) electrons. The minimum absolute atomic E-state index is 0.0141. The fourth-order valence-electron chi connectivity index (χ4n) is 2.48. The third-order valence-corrected chi connectivity index (χ3v) is 5.95. The van der Waals surface area contributed by atoms with Gasteiger partial charge in [-0.15, -0.1) is 10.2 Å². The zero-order chi connectivity index (χ0) is 21.3. The molecule has 30 heavy (non-hydrogen) atoms. The van der Waals surface area contributed by atoms with E-state index in [0.717, 1.165) is 11.4 Å². The van der Waals surface area contributed by atoms with E-state index in [1.54, 1.807) is 31.2 Å². The number of rotatable bonds is 10. The van der Waals surface area contributed by atoms with E-state index >= 15 is 0 Å². The molecule has 0 bridgehead atoms. The molecule has 7 nitrogen and oxygen atoms in total. The van der Waals surface area contributed by atoms with Crippen LogP contribution in [0.4, 0.5) is 16.5 Å². The van der Waals surface area contributed by atoms with Gasteiger partial charge in [0, 0.05) is 17.7 Å². The van der Waals surface area contributed by atoms with Crippen molar-refractivity contribution >= 4 is 51.3 Å². The highest BCUT2D eigenvalue weighted by Crippen LogP contribution is 2.31. The Morgan fingerprint density at radius 1 is 1.07 bits per heavy atom. The second kappa shape index (κ2) is 10.7. The van der Waals surface area contributed by atoms with Gasteiger partial charge in [-0.1, -0.05) is 42.2 Å². The molecule has 3 aromatic rings. The van der Waals surface area contributed by atoms with Crippen LogP contribution in [0.3, 0.4) is 0 Å². The monoisotopic (exact) mass is 442 g/mol. The Hall–Kier alpha value is -2.91. The average molecular weight is 443 g/mol. The number of thioether (sulfide) groups is 1. The van der Waals surface area contributed by atoms with E-state index in [-0.39, 0.29) is 17.4 Å². The zero-order valence-corrected chi connectivity index (χ0v) is 18.3. The second-order valence-corrected chi connectivity index (χ2v) is 8.32. The lowest BCUT2D eigenvalue weighted by Crippen LogP contribution is -2.09. The fraction of sp³-hybridized carbons (Fsp3) is 0.238. The lowest BCUT2D eigenvalue weighted by molar-refractivity contribution is -0.115. The first-order valence-corrected chi connectivity index (χ1v) is 11.3. The lowest BCUT2D eigenvalue weighted by atomic mass is 10.1. The quantitative estimate of drug-likeness (QED) is 0.337. The molecular formula is C21H22N4O3S2. The van der Waals surface area contributed by atoms with Crippen LogP contribution in [0.1, 0.15) is 30.6 Å². The number of hydrogen-bond acceptors (Lipinski definition) is 8. The molecule has 9 heteroatoms. The largest absolute Gasteiger partial charge is 0.492 e. The van der Waals surface area contributed by atoms with Gasteiger partial charge in [0.2, 0.25) is 11.0 Å². The number of nitrogens with one attached hydrogen (secondary N) is 2. The van der Waals surface area contributed by atoms with Crippen molar-refractivity contribution in [3.05, 3.63) is 54.1 Å². The standard InChI is InChI=1S/C21H22N4O3S2/c1-3-19(27)22-15-11-9-14(10-12-15)17(26)13-29-21-25-24-20(30-21)23-16-7-5-6-8-18(16)28-4-2/h5-12H,3-4,13H2,1-2H3,(H,22,27)(H,23,24). The number of aromatic nitrogens is 2. The topological polar surface area (TPSA) is 93.2 Å². The number of ketones is 1. The molecule has 0 saturated heterocycles. The molecule has 0 fully saturated rings. The maximum Gasteiger partial charge on any atom is 0.224 e. The summed E-state index contributed by atoms with van der Waals surface area (Å²) in [5.74, 6) is 0.928. The SMILES string of the molecule is CCOc1ccccc1Nc1nnc(SCC(=O)c2ccc(NC(=O)CC)cc2)s1. The Kier molecular flexibility index (Phi) is 7.81. The van der Waals surface area contributed by atoms with Crippen molar-refractivity contribution in [2.45, 2.75) is 24.6 Å². The van der Waals surface area contributed by atoms with Crippen LogP contribution in [0.2, 0.25) is 0 Å². The molecule has 0 atom stereocenters. The van der Waals surface area contributed by atoms with Crippen LogP contribution in [-0.2, 0) is 4.79 Å². The minimum Gasteiger partial charge on any atom is -0.492 e. The zero-order valence-electron chi connectivity index (χ0n) is 16.7. The number of amides is 1. The minimum atomic E-state index is -0.0609. The van der Waals surface area contributed by atoms with Crippen LogP contribution in [0, 0.1) is 0 Å². The first-order chi connectivity index (χ1) is 14.6. The van der Waals surface area contributed by atoms with E-state index in [0.29, 0.717) is 33.7 Å². The highest BCUT2D eigenvalue weighted by molar-refractivity contribution is 8.01. The van der Waals surface area contributed by atoms with E-state index in [4.69, 9.17) is 4.74 Å². The van der Waals surface area contributed by atoms with Crippen molar-refractivity contribution in [2.24, 2.45) is 0 Å². The summed E-state index contributed by atoms with van der Waals surface area (Å²) in [6, 6.07) is 14.5. The molecule has 1 aromatic heterocycles. The first kappa shape index (κ1) is 21.8. The summed E-state index contributed by atoms with van der Waals surface area (Å²) in [6.07, 6.45) is 0.410. The summed E-state index contributed by atoms with van der Waals surface area (Å²) in [5.41, 5.74) is 2.09. The van der Waals surface area contributed by atoms with Crippen molar-refractivity contribution in [1.29, 1.82) is 0 Å². The van der Waals surface area contributed by atoms with Crippen LogP contribution < -0.4 is 15.4 Å². The highest BCUT2D eigenvalue weighted by Gasteiger charge is 2.12. The van der Waals surface area contributed by atoms with E-state index in [1.807, 2.05) is 31.2 Å². The molecule has 0 saturated carbocycles. The lowest BCUT2D eigenvalue weighted by Gasteiger charge is -2.09. The van der Waals surface area contributed by atoms with Gasteiger partial charge in [0.1, 0.15) is 5.75 Å². The van der Waals surface area contributed by atoms with Crippen LogP contribution in [-0.4, -0.2) is 34.2 Å². The molecular weight excluding hydrogens is 420 g/mol. The highest BCUT2D eigenvalue weighted by atomic mass is 32.2. The Balaban J connectivity index is 1.55. The van der Waals surface area contributed by atoms with Crippen LogP contribution in [0.25, 0.3) is 0 Å². The van der Waals surface area contributed by atoms with E-state index in [9.17, 15) is 9.59 Å². The number of anilines is 3. The molecule has 0 aliphatic rings. The van der Waals surface area contributed by atoms with Gasteiger partial charge in [-0.2, -0.15) is 0 Å². The number of para-hydroxylation sites is 2. The van der Waals surface area contributed by atoms with E-state index in [1.165, 1.54) is 23.1 Å². The molecule has 156 valence electrons. The van der Waals surface area contributed by atoms with Gasteiger partial charge < -0.3 is 15.4 Å². The number of benzene rings is 2. The third kappa shape index (κ3) is 6.04. The maximum absolute atomic E-state index is 12.4. The molecule has 1 heterocycles. The third-order valence-electron chi connectivity index (χ3n) is 3.97. The summed E-state index contributed by atoms with van der Waals surface area (Å²) >= 11 is 2.72. The summed E-state index contributed by atoms with van der Waals surface area (Å²) in [5, 5.41) is 14.9. The van der Waals surface area contributed by atoms with Crippen LogP contribution >= 0.6 is 23.1 Å². The van der Waals surface area contributed by atoms with Crippen molar-refractivity contribution in [3.8, 4) is 5.75 Å². The van der Waals surface area contributed by atoms with Gasteiger partial charge >= 0.3 is 0 Å². The first-order valence-electron chi connectivity index (χ1n) is 9.47. The van der Waals surface area contributed by atoms with Crippen LogP contribution in [0.15, 0.2) is 52.9 Å². The van der Waals surface area contributed by atoms with Gasteiger partial charge in [0.15, 0.2) is 10.1 Å². The molecule has 0 aliphatic heterocycles. The second-order valence-electron chi connectivity index (χ2n) is 6.12. The molecule has 2 N–H and O–H groups in total. The Morgan fingerprint density at radius 3 is 2.57 bits per heavy atom. The van der Waals surface area contributed by atoms with Crippen molar-refractivity contribution in [3.63, 3.8) is 0 Å². The summed E-state index contributed by atoms with van der Waals surface area (Å²) in [4.78, 5) is 23.9. The Bertz CT molecular complexity index is 1010. The van der Waals surface area contributed by atoms with E-state index < -0.39 is 0 Å². The predicted molar refractivity (Wildman–Crippen MR) is 121 cm³/mol.